The van der Waals surface area contributed by atoms with Crippen molar-refractivity contribution in [1.82, 2.24) is 5.32 Å². The maximum Gasteiger partial charge on any atom is 0.157 e. The van der Waals surface area contributed by atoms with Gasteiger partial charge < -0.3 is 5.32 Å². The Morgan fingerprint density at radius 2 is 2.00 bits per heavy atom. The summed E-state index contributed by atoms with van der Waals surface area (Å²) in [6, 6.07) is 3.60. The van der Waals surface area contributed by atoms with E-state index in [1.807, 2.05) is 0 Å². The molecule has 2 nitrogen and oxygen atoms in total. The monoisotopic (exact) mass is 284 g/mol. The molecule has 19 heavy (non-hydrogen) atoms. The van der Waals surface area contributed by atoms with Gasteiger partial charge in [0.1, 0.15) is 11.6 Å². The second-order valence-corrected chi connectivity index (χ2v) is 6.01. The highest BCUT2D eigenvalue weighted by Gasteiger charge is 2.30. The number of nitrogens with zero attached hydrogens (tertiary/aromatic N) is 1. The van der Waals surface area contributed by atoms with Crippen LogP contribution < -0.4 is 5.32 Å². The number of nitrogens with one attached hydrogen (secondary N) is 1. The lowest BCUT2D eigenvalue weighted by molar-refractivity contribution is 0.466. The van der Waals surface area contributed by atoms with Crippen molar-refractivity contribution in [1.29, 1.82) is 0 Å². The molecular formula is C14H18F2N2S. The third-order valence-corrected chi connectivity index (χ3v) is 4.58. The highest BCUT2D eigenvalue weighted by Crippen LogP contribution is 2.25. The molecule has 1 aliphatic rings. The Morgan fingerprint density at radius 1 is 1.32 bits per heavy atom. The van der Waals surface area contributed by atoms with E-state index in [9.17, 15) is 8.78 Å². The van der Waals surface area contributed by atoms with Gasteiger partial charge in [0.05, 0.1) is 0 Å². The van der Waals surface area contributed by atoms with Gasteiger partial charge in [-0.2, -0.15) is 0 Å². The van der Waals surface area contributed by atoms with Crippen molar-refractivity contribution in [3.05, 3.63) is 35.4 Å². The number of hydrogen-bond acceptors (Lipinski definition) is 2. The first-order chi connectivity index (χ1) is 9.00. The summed E-state index contributed by atoms with van der Waals surface area (Å²) in [6.07, 6.45) is 1.59. The Kier molecular flexibility index (Phi) is 4.45. The van der Waals surface area contributed by atoms with Gasteiger partial charge in [0.25, 0.3) is 0 Å². The van der Waals surface area contributed by atoms with E-state index in [4.69, 9.17) is 0 Å². The SMILES string of the molecule is CCC1(C)CSC(=NCCc2cc(F)cc(F)c2)N1. The fourth-order valence-electron chi connectivity index (χ4n) is 1.88. The van der Waals surface area contributed by atoms with Crippen LogP contribution in [0.15, 0.2) is 23.2 Å². The van der Waals surface area contributed by atoms with Crippen LogP contribution in [0.1, 0.15) is 25.8 Å². The molecule has 0 radical (unpaired) electrons. The van der Waals surface area contributed by atoms with Crippen molar-refractivity contribution in [3.63, 3.8) is 0 Å². The predicted octanol–water partition coefficient (Wildman–Crippen LogP) is 3.37. The Balaban J connectivity index is 1.90. The fourth-order valence-corrected chi connectivity index (χ4v) is 3.11. The third-order valence-electron chi connectivity index (χ3n) is 3.29. The van der Waals surface area contributed by atoms with E-state index in [-0.39, 0.29) is 5.54 Å². The first-order valence-corrected chi connectivity index (χ1v) is 7.40. The molecule has 1 unspecified atom stereocenters. The normalized spacial score (nSPS) is 24.7. The molecule has 1 heterocycles. The fraction of sp³-hybridized carbons (Fsp3) is 0.500. The zero-order chi connectivity index (χ0) is 13.9. The second kappa shape index (κ2) is 5.90. The van der Waals surface area contributed by atoms with Crippen LogP contribution in [0.3, 0.4) is 0 Å². The van der Waals surface area contributed by atoms with Crippen LogP contribution in [0, 0.1) is 11.6 Å². The lowest BCUT2D eigenvalue weighted by Crippen LogP contribution is -2.39. The lowest BCUT2D eigenvalue weighted by atomic mass is 10.0. The molecule has 1 aromatic carbocycles. The molecule has 0 spiro atoms. The van der Waals surface area contributed by atoms with Gasteiger partial charge in [-0.3, -0.25) is 4.99 Å². The molecule has 0 amide bonds. The van der Waals surface area contributed by atoms with Gasteiger partial charge in [0.15, 0.2) is 5.17 Å². The zero-order valence-corrected chi connectivity index (χ0v) is 12.0. The molecule has 1 fully saturated rings. The number of amidine groups is 1. The second-order valence-electron chi connectivity index (χ2n) is 5.04. The van der Waals surface area contributed by atoms with E-state index in [0.717, 1.165) is 23.4 Å². The lowest BCUT2D eigenvalue weighted by Gasteiger charge is -2.20. The zero-order valence-electron chi connectivity index (χ0n) is 11.2. The molecule has 2 rings (SSSR count). The molecule has 104 valence electrons. The van der Waals surface area contributed by atoms with Crippen LogP contribution >= 0.6 is 11.8 Å². The minimum Gasteiger partial charge on any atom is -0.359 e. The maximum atomic E-state index is 13.0. The molecule has 5 heteroatoms. The summed E-state index contributed by atoms with van der Waals surface area (Å²) in [5, 5.41) is 4.32. The number of aliphatic imine (C=N–C) groups is 1. The molecule has 1 aliphatic heterocycles. The first-order valence-electron chi connectivity index (χ1n) is 6.41. The third kappa shape index (κ3) is 3.93. The van der Waals surface area contributed by atoms with Gasteiger partial charge in [-0.15, -0.1) is 0 Å². The van der Waals surface area contributed by atoms with Gasteiger partial charge >= 0.3 is 0 Å². The minimum absolute atomic E-state index is 0.120. The number of thioether (sulfide) groups is 1. The van der Waals surface area contributed by atoms with Crippen LogP contribution in [0.2, 0.25) is 0 Å². The van der Waals surface area contributed by atoms with Crippen LogP contribution in [-0.2, 0) is 6.42 Å². The van der Waals surface area contributed by atoms with Crippen LogP contribution in [0.4, 0.5) is 8.78 Å². The quantitative estimate of drug-likeness (QED) is 0.916. The molecule has 1 aromatic rings. The summed E-state index contributed by atoms with van der Waals surface area (Å²) in [4.78, 5) is 4.44. The number of benzene rings is 1. The Hall–Kier alpha value is -1.10. The summed E-state index contributed by atoms with van der Waals surface area (Å²) >= 11 is 1.71. The highest BCUT2D eigenvalue weighted by atomic mass is 32.2. The standard InChI is InChI=1S/C14H18F2N2S/c1-3-14(2)9-19-13(18-14)17-5-4-10-6-11(15)8-12(16)7-10/h6-8H,3-5,9H2,1-2H3,(H,17,18). The molecule has 1 N–H and O–H groups in total. The van der Waals surface area contributed by atoms with Crippen molar-refractivity contribution < 1.29 is 8.78 Å². The average molecular weight is 284 g/mol. The summed E-state index contributed by atoms with van der Waals surface area (Å²) in [6.45, 7) is 4.86. The van der Waals surface area contributed by atoms with Crippen molar-refractivity contribution >= 4 is 16.9 Å². The van der Waals surface area contributed by atoms with Gasteiger partial charge in [-0.05, 0) is 37.5 Å². The van der Waals surface area contributed by atoms with E-state index in [1.165, 1.54) is 12.1 Å². The largest absolute Gasteiger partial charge is 0.359 e. The van der Waals surface area contributed by atoms with Crippen molar-refractivity contribution in [2.45, 2.75) is 32.2 Å². The molecule has 0 saturated carbocycles. The summed E-state index contributed by atoms with van der Waals surface area (Å²) in [5.74, 6) is -0.0548. The Morgan fingerprint density at radius 3 is 2.58 bits per heavy atom. The molecule has 0 aromatic heterocycles. The van der Waals surface area contributed by atoms with Gasteiger partial charge in [0, 0.05) is 23.9 Å². The first kappa shape index (κ1) is 14.3. The van der Waals surface area contributed by atoms with Crippen molar-refractivity contribution in [2.75, 3.05) is 12.3 Å². The van der Waals surface area contributed by atoms with Crippen LogP contribution in [-0.4, -0.2) is 23.0 Å². The summed E-state index contributed by atoms with van der Waals surface area (Å²) in [7, 11) is 0. The van der Waals surface area contributed by atoms with Crippen molar-refractivity contribution in [3.8, 4) is 0 Å². The number of halogens is 2. The van der Waals surface area contributed by atoms with E-state index in [0.29, 0.717) is 18.5 Å². The summed E-state index contributed by atoms with van der Waals surface area (Å²) < 4.78 is 26.0. The van der Waals surface area contributed by atoms with Gasteiger partial charge in [-0.1, -0.05) is 18.7 Å². The van der Waals surface area contributed by atoms with Crippen LogP contribution in [0.5, 0.6) is 0 Å². The molecule has 0 bridgehead atoms. The molecule has 1 atom stereocenters. The number of rotatable bonds is 4. The molecule has 1 saturated heterocycles. The number of hydrogen-bond donors (Lipinski definition) is 1. The molecular weight excluding hydrogens is 266 g/mol. The summed E-state index contributed by atoms with van der Waals surface area (Å²) in [5.41, 5.74) is 0.761. The molecule has 0 aliphatic carbocycles. The predicted molar refractivity (Wildman–Crippen MR) is 76.7 cm³/mol. The Bertz CT molecular complexity index is 470. The Labute approximate surface area is 116 Å². The minimum atomic E-state index is -0.533. The van der Waals surface area contributed by atoms with E-state index in [2.05, 4.69) is 24.2 Å². The van der Waals surface area contributed by atoms with Crippen molar-refractivity contribution in [2.24, 2.45) is 4.99 Å². The van der Waals surface area contributed by atoms with Gasteiger partial charge in [-0.25, -0.2) is 8.78 Å². The van der Waals surface area contributed by atoms with Gasteiger partial charge in [0.2, 0.25) is 0 Å². The highest BCUT2D eigenvalue weighted by molar-refractivity contribution is 8.14. The topological polar surface area (TPSA) is 24.4 Å². The maximum absolute atomic E-state index is 13.0. The smallest absolute Gasteiger partial charge is 0.157 e. The van der Waals surface area contributed by atoms with E-state index < -0.39 is 11.6 Å². The van der Waals surface area contributed by atoms with E-state index in [1.54, 1.807) is 11.8 Å². The van der Waals surface area contributed by atoms with E-state index >= 15 is 0 Å². The van der Waals surface area contributed by atoms with Crippen LogP contribution in [0.25, 0.3) is 0 Å². The average Bonchev–Trinajstić information content (AvgIpc) is 2.71.